The highest BCUT2D eigenvalue weighted by atomic mass is 19.1. The Bertz CT molecular complexity index is 622. The Hall–Kier alpha value is -2.16. The minimum absolute atomic E-state index is 0.257. The number of hydrogen-bond donors (Lipinski definition) is 2. The number of nitrogens with zero attached hydrogens (tertiary/aromatic N) is 2. The molecule has 0 aliphatic carbocycles. The molecule has 0 amide bonds. The normalized spacial score (nSPS) is 10.5. The van der Waals surface area contributed by atoms with E-state index < -0.39 is 0 Å². The Kier molecular flexibility index (Phi) is 5.50. The highest BCUT2D eigenvalue weighted by Gasteiger charge is 2.06. The first-order chi connectivity index (χ1) is 10.2. The summed E-state index contributed by atoms with van der Waals surface area (Å²) in [7, 11) is 3.99. The molecule has 0 atom stereocenters. The molecule has 1 aromatic carbocycles. The molecule has 0 fully saturated rings. The van der Waals surface area contributed by atoms with Crippen molar-refractivity contribution in [2.24, 2.45) is 0 Å². The van der Waals surface area contributed by atoms with E-state index in [-0.39, 0.29) is 5.82 Å². The van der Waals surface area contributed by atoms with Crippen molar-refractivity contribution in [2.75, 3.05) is 27.2 Å². The standard InChI is InChI=1S/C16H19FN4/c1-18-9-10-21(2)12-14-11-19-20-16(14)8-5-13-3-6-15(17)7-4-13/h3-4,6-7,11,18H,9-10,12H2,1-2H3,(H,19,20). The average Bonchev–Trinajstić information content (AvgIpc) is 2.92. The Morgan fingerprint density at radius 1 is 1.29 bits per heavy atom. The molecule has 0 unspecified atom stereocenters. The molecule has 4 nitrogen and oxygen atoms in total. The molecular weight excluding hydrogens is 267 g/mol. The molecule has 5 heteroatoms. The highest BCUT2D eigenvalue weighted by molar-refractivity contribution is 5.42. The first-order valence-electron chi connectivity index (χ1n) is 6.82. The van der Waals surface area contributed by atoms with Gasteiger partial charge in [-0.3, -0.25) is 5.10 Å². The van der Waals surface area contributed by atoms with E-state index in [1.165, 1.54) is 12.1 Å². The number of rotatable bonds is 5. The number of H-pyrrole nitrogens is 1. The van der Waals surface area contributed by atoms with Gasteiger partial charge in [0, 0.05) is 37.0 Å². The van der Waals surface area contributed by atoms with Crippen molar-refractivity contribution in [1.29, 1.82) is 0 Å². The summed E-state index contributed by atoms with van der Waals surface area (Å²) in [6.45, 7) is 2.67. The largest absolute Gasteiger partial charge is 0.318 e. The number of hydrogen-bond acceptors (Lipinski definition) is 3. The molecule has 1 heterocycles. The molecular formula is C16H19FN4. The van der Waals surface area contributed by atoms with Gasteiger partial charge in [-0.15, -0.1) is 0 Å². The lowest BCUT2D eigenvalue weighted by atomic mass is 10.2. The zero-order valence-corrected chi connectivity index (χ0v) is 12.3. The van der Waals surface area contributed by atoms with E-state index in [4.69, 9.17) is 0 Å². The van der Waals surface area contributed by atoms with Crippen LogP contribution < -0.4 is 5.32 Å². The van der Waals surface area contributed by atoms with Crippen molar-refractivity contribution in [1.82, 2.24) is 20.4 Å². The molecule has 2 aromatic rings. The second-order valence-corrected chi connectivity index (χ2v) is 4.86. The quantitative estimate of drug-likeness (QED) is 0.821. The van der Waals surface area contributed by atoms with Gasteiger partial charge in [0.15, 0.2) is 0 Å². The first-order valence-corrected chi connectivity index (χ1v) is 6.82. The Balaban J connectivity index is 2.05. The minimum atomic E-state index is -0.257. The van der Waals surface area contributed by atoms with Gasteiger partial charge < -0.3 is 10.2 Å². The Morgan fingerprint density at radius 2 is 2.05 bits per heavy atom. The van der Waals surface area contributed by atoms with Crippen LogP contribution in [0.25, 0.3) is 0 Å². The van der Waals surface area contributed by atoms with Crippen LogP contribution in [0, 0.1) is 17.7 Å². The molecule has 0 bridgehead atoms. The second kappa shape index (κ2) is 7.58. The van der Waals surface area contributed by atoms with Crippen molar-refractivity contribution < 1.29 is 4.39 Å². The van der Waals surface area contributed by atoms with Crippen LogP contribution in [-0.2, 0) is 6.54 Å². The van der Waals surface area contributed by atoms with Crippen LogP contribution in [0.4, 0.5) is 4.39 Å². The van der Waals surface area contributed by atoms with E-state index in [2.05, 4.69) is 39.3 Å². The molecule has 0 saturated carbocycles. The van der Waals surface area contributed by atoms with Crippen LogP contribution in [0.15, 0.2) is 30.5 Å². The van der Waals surface area contributed by atoms with Crippen LogP contribution in [0.1, 0.15) is 16.8 Å². The van der Waals surface area contributed by atoms with Gasteiger partial charge in [-0.25, -0.2) is 4.39 Å². The van der Waals surface area contributed by atoms with Crippen LogP contribution >= 0.6 is 0 Å². The summed E-state index contributed by atoms with van der Waals surface area (Å²) in [5, 5.41) is 10.1. The third kappa shape index (κ3) is 4.71. The van der Waals surface area contributed by atoms with Crippen LogP contribution in [0.3, 0.4) is 0 Å². The minimum Gasteiger partial charge on any atom is -0.318 e. The van der Waals surface area contributed by atoms with Crippen molar-refractivity contribution in [2.45, 2.75) is 6.54 Å². The van der Waals surface area contributed by atoms with E-state index >= 15 is 0 Å². The lowest BCUT2D eigenvalue weighted by Crippen LogP contribution is -2.27. The monoisotopic (exact) mass is 286 g/mol. The van der Waals surface area contributed by atoms with Crippen molar-refractivity contribution in [3.05, 3.63) is 53.1 Å². The molecule has 21 heavy (non-hydrogen) atoms. The number of halogens is 1. The first kappa shape index (κ1) is 15.2. The summed E-state index contributed by atoms with van der Waals surface area (Å²) in [6.07, 6.45) is 1.87. The van der Waals surface area contributed by atoms with Crippen molar-refractivity contribution in [3.8, 4) is 11.8 Å². The van der Waals surface area contributed by atoms with Gasteiger partial charge in [0.1, 0.15) is 11.5 Å². The summed E-state index contributed by atoms with van der Waals surface area (Å²) in [5.41, 5.74) is 2.56. The summed E-state index contributed by atoms with van der Waals surface area (Å²) in [4.78, 5) is 2.20. The van der Waals surface area contributed by atoms with E-state index in [0.717, 1.165) is 36.5 Å². The summed E-state index contributed by atoms with van der Waals surface area (Å²) >= 11 is 0. The van der Waals surface area contributed by atoms with Gasteiger partial charge in [-0.1, -0.05) is 5.92 Å². The van der Waals surface area contributed by atoms with Gasteiger partial charge in [0.05, 0.1) is 0 Å². The molecule has 2 N–H and O–H groups in total. The maximum absolute atomic E-state index is 12.8. The number of nitrogens with one attached hydrogen (secondary N) is 2. The maximum Gasteiger partial charge on any atom is 0.139 e. The molecule has 0 saturated heterocycles. The number of aromatic amines is 1. The summed E-state index contributed by atoms with van der Waals surface area (Å²) < 4.78 is 12.8. The SMILES string of the molecule is CNCCN(C)Cc1c[nH]nc1C#Cc1ccc(F)cc1. The zero-order valence-electron chi connectivity index (χ0n) is 12.3. The summed E-state index contributed by atoms with van der Waals surface area (Å²) in [5.74, 6) is 5.78. The third-order valence-corrected chi connectivity index (χ3v) is 3.07. The molecule has 0 aliphatic rings. The second-order valence-electron chi connectivity index (χ2n) is 4.86. The van der Waals surface area contributed by atoms with Crippen molar-refractivity contribution in [3.63, 3.8) is 0 Å². The fourth-order valence-electron chi connectivity index (χ4n) is 1.88. The molecule has 0 radical (unpaired) electrons. The van der Waals surface area contributed by atoms with E-state index in [1.807, 2.05) is 13.2 Å². The number of likely N-dealkylation sites (N-methyl/N-ethyl adjacent to an activating group) is 2. The van der Waals surface area contributed by atoms with E-state index in [9.17, 15) is 4.39 Å². The Morgan fingerprint density at radius 3 is 2.76 bits per heavy atom. The molecule has 2 rings (SSSR count). The van der Waals surface area contributed by atoms with Crippen LogP contribution in [0.5, 0.6) is 0 Å². The Labute approximate surface area is 124 Å². The smallest absolute Gasteiger partial charge is 0.139 e. The van der Waals surface area contributed by atoms with E-state index in [1.54, 1.807) is 12.1 Å². The van der Waals surface area contributed by atoms with Gasteiger partial charge in [-0.05, 0) is 44.3 Å². The summed E-state index contributed by atoms with van der Waals surface area (Å²) in [6, 6.07) is 6.13. The molecule has 110 valence electrons. The average molecular weight is 286 g/mol. The zero-order chi connectivity index (χ0) is 15.1. The van der Waals surface area contributed by atoms with Gasteiger partial charge >= 0.3 is 0 Å². The van der Waals surface area contributed by atoms with Gasteiger partial charge in [0.2, 0.25) is 0 Å². The predicted octanol–water partition coefficient (Wildman–Crippen LogP) is 1.60. The predicted molar refractivity (Wildman–Crippen MR) is 81.2 cm³/mol. The lowest BCUT2D eigenvalue weighted by molar-refractivity contribution is 0.328. The highest BCUT2D eigenvalue weighted by Crippen LogP contribution is 2.07. The number of benzene rings is 1. The van der Waals surface area contributed by atoms with Gasteiger partial charge in [0.25, 0.3) is 0 Å². The maximum atomic E-state index is 12.8. The van der Waals surface area contributed by atoms with Crippen LogP contribution in [0.2, 0.25) is 0 Å². The fourth-order valence-corrected chi connectivity index (χ4v) is 1.88. The van der Waals surface area contributed by atoms with Crippen molar-refractivity contribution >= 4 is 0 Å². The number of aromatic nitrogens is 2. The van der Waals surface area contributed by atoms with Crippen LogP contribution in [-0.4, -0.2) is 42.3 Å². The van der Waals surface area contributed by atoms with E-state index in [0.29, 0.717) is 0 Å². The third-order valence-electron chi connectivity index (χ3n) is 3.07. The van der Waals surface area contributed by atoms with Gasteiger partial charge in [-0.2, -0.15) is 5.10 Å². The fraction of sp³-hybridized carbons (Fsp3) is 0.312. The molecule has 0 spiro atoms. The molecule has 0 aliphatic heterocycles. The topological polar surface area (TPSA) is 44.0 Å². The molecule has 1 aromatic heterocycles. The lowest BCUT2D eigenvalue weighted by Gasteiger charge is -2.15.